The van der Waals surface area contributed by atoms with Gasteiger partial charge in [-0.1, -0.05) is 25.5 Å². The summed E-state index contributed by atoms with van der Waals surface area (Å²) in [5, 5.41) is 0. The highest BCUT2D eigenvalue weighted by atomic mass is 32.2. The number of sulfone groups is 1. The summed E-state index contributed by atoms with van der Waals surface area (Å²) in [5.74, 6) is 1.11. The lowest BCUT2D eigenvalue weighted by Gasteiger charge is -2.18. The monoisotopic (exact) mass is 378 g/mol. The Labute approximate surface area is 159 Å². The molecule has 0 aromatic heterocycles. The van der Waals surface area contributed by atoms with E-state index in [0.717, 1.165) is 24.8 Å². The zero-order chi connectivity index (χ0) is 19.5. The number of carbonyl (C=O) groups excluding carboxylic acids is 1. The quantitative estimate of drug-likeness (QED) is 0.603. The summed E-state index contributed by atoms with van der Waals surface area (Å²) in [6.07, 6.45) is 5.61. The first-order valence-corrected chi connectivity index (χ1v) is 11.5. The summed E-state index contributed by atoms with van der Waals surface area (Å²) in [7, 11) is -3.05. The molecule has 0 N–H and O–H groups in total. The van der Waals surface area contributed by atoms with Gasteiger partial charge in [-0.3, -0.25) is 4.79 Å². The van der Waals surface area contributed by atoms with Crippen LogP contribution >= 0.6 is 0 Å². The molecule has 0 fully saturated rings. The fourth-order valence-corrected chi connectivity index (χ4v) is 4.92. The van der Waals surface area contributed by atoms with Crippen molar-refractivity contribution in [3.63, 3.8) is 0 Å². The van der Waals surface area contributed by atoms with E-state index in [0.29, 0.717) is 25.2 Å². The van der Waals surface area contributed by atoms with Crippen molar-refractivity contribution in [1.29, 1.82) is 0 Å². The van der Waals surface area contributed by atoms with Crippen LogP contribution in [0.4, 0.5) is 0 Å². The lowest BCUT2D eigenvalue weighted by molar-refractivity contribution is -0.118. The largest absolute Gasteiger partial charge is 0.299 e. The molecule has 0 spiro atoms. The van der Waals surface area contributed by atoms with E-state index in [4.69, 9.17) is 0 Å². The average molecular weight is 379 g/mol. The molecule has 0 heterocycles. The molecule has 26 heavy (non-hydrogen) atoms. The van der Waals surface area contributed by atoms with Crippen LogP contribution in [0.1, 0.15) is 88.0 Å². The van der Waals surface area contributed by atoms with Crippen molar-refractivity contribution in [3.05, 3.63) is 34.4 Å². The molecule has 0 saturated heterocycles. The molecule has 0 saturated carbocycles. The van der Waals surface area contributed by atoms with Crippen molar-refractivity contribution in [2.75, 3.05) is 5.75 Å². The van der Waals surface area contributed by atoms with Gasteiger partial charge < -0.3 is 0 Å². The highest BCUT2D eigenvalue weighted by Crippen LogP contribution is 2.35. The lowest BCUT2D eigenvalue weighted by Crippen LogP contribution is -2.30. The molecule has 1 atom stereocenters. The highest BCUT2D eigenvalue weighted by Gasteiger charge is 2.28. The summed E-state index contributed by atoms with van der Waals surface area (Å²) in [6.45, 7) is 9.65. The van der Waals surface area contributed by atoms with Crippen molar-refractivity contribution < 1.29 is 13.2 Å². The maximum atomic E-state index is 12.3. The second kappa shape index (κ2) is 8.24. The van der Waals surface area contributed by atoms with E-state index in [1.165, 1.54) is 23.1 Å². The van der Waals surface area contributed by atoms with Gasteiger partial charge in [0, 0.05) is 12.8 Å². The van der Waals surface area contributed by atoms with E-state index in [1.807, 2.05) is 0 Å². The van der Waals surface area contributed by atoms with Gasteiger partial charge in [-0.25, -0.2) is 8.42 Å². The summed E-state index contributed by atoms with van der Waals surface area (Å²) < 4.78 is 23.5. The van der Waals surface area contributed by atoms with Crippen molar-refractivity contribution in [1.82, 2.24) is 0 Å². The van der Waals surface area contributed by atoms with Crippen molar-refractivity contribution in [3.8, 4) is 0 Å². The Morgan fingerprint density at radius 2 is 1.85 bits per heavy atom. The van der Waals surface area contributed by atoms with E-state index in [2.05, 4.69) is 26.0 Å². The number of rotatable bonds is 8. The molecular weight excluding hydrogens is 344 g/mol. The minimum atomic E-state index is -3.05. The predicted octanol–water partition coefficient (Wildman–Crippen LogP) is 4.93. The third kappa shape index (κ3) is 4.97. The Bertz CT molecular complexity index is 754. The van der Waals surface area contributed by atoms with E-state index in [-0.39, 0.29) is 11.5 Å². The molecule has 1 aromatic rings. The number of hydrogen-bond donors (Lipinski definition) is 0. The predicted molar refractivity (Wildman–Crippen MR) is 109 cm³/mol. The first kappa shape index (κ1) is 21.1. The Kier molecular flexibility index (Phi) is 6.70. The number of ketones is 1. The van der Waals surface area contributed by atoms with Crippen LogP contribution in [0.15, 0.2) is 12.1 Å². The van der Waals surface area contributed by atoms with Gasteiger partial charge in [0.1, 0.15) is 5.78 Å². The summed E-state index contributed by atoms with van der Waals surface area (Å²) >= 11 is 0. The summed E-state index contributed by atoms with van der Waals surface area (Å²) in [5.41, 5.74) is 5.38. The maximum Gasteiger partial charge on any atom is 0.155 e. The average Bonchev–Trinajstić information content (AvgIpc) is 2.90. The second-order valence-corrected chi connectivity index (χ2v) is 11.7. The Hall–Kier alpha value is -1.16. The van der Waals surface area contributed by atoms with Crippen LogP contribution in [0.2, 0.25) is 0 Å². The van der Waals surface area contributed by atoms with Gasteiger partial charge in [0.2, 0.25) is 0 Å². The Balaban J connectivity index is 1.78. The number of hydrogen-bond acceptors (Lipinski definition) is 3. The van der Waals surface area contributed by atoms with Crippen molar-refractivity contribution >= 4 is 15.6 Å². The number of unbranched alkanes of at least 4 members (excludes halogenated alkanes) is 2. The molecule has 1 aliphatic carbocycles. The molecule has 3 nitrogen and oxygen atoms in total. The standard InChI is InChI=1S/C22H34O3S/c1-16-10-12-21-17(2)18(11-13-20(16)21)15-19(23)9-7-6-8-14-26(24,25)22(3,4)5/h11,13,16H,6-10,12,14-15H2,1-5H3. The summed E-state index contributed by atoms with van der Waals surface area (Å²) in [4.78, 5) is 12.3. The molecule has 146 valence electrons. The zero-order valence-electron chi connectivity index (χ0n) is 17.0. The van der Waals surface area contributed by atoms with Crippen LogP contribution in [0.25, 0.3) is 0 Å². The number of fused-ring (bicyclic) bond motifs is 1. The molecule has 1 aliphatic rings. The fraction of sp³-hybridized carbons (Fsp3) is 0.682. The normalized spacial score (nSPS) is 17.3. The number of Topliss-reactive ketones (excluding diaryl/α,β-unsaturated/α-hetero) is 1. The van der Waals surface area contributed by atoms with E-state index in [9.17, 15) is 13.2 Å². The summed E-state index contributed by atoms with van der Waals surface area (Å²) in [6, 6.07) is 4.34. The van der Waals surface area contributed by atoms with Gasteiger partial charge in [0.15, 0.2) is 9.84 Å². The molecular formula is C22H34O3S. The molecule has 0 radical (unpaired) electrons. The minimum Gasteiger partial charge on any atom is -0.299 e. The van der Waals surface area contributed by atoms with Crippen LogP contribution in [0, 0.1) is 6.92 Å². The first-order valence-electron chi connectivity index (χ1n) is 9.88. The van der Waals surface area contributed by atoms with Gasteiger partial charge >= 0.3 is 0 Å². The topological polar surface area (TPSA) is 51.2 Å². The van der Waals surface area contributed by atoms with Gasteiger partial charge in [-0.05, 0) is 81.5 Å². The number of benzene rings is 1. The molecule has 2 rings (SSSR count). The maximum absolute atomic E-state index is 12.3. The Morgan fingerprint density at radius 3 is 2.50 bits per heavy atom. The van der Waals surface area contributed by atoms with Gasteiger partial charge in [0.25, 0.3) is 0 Å². The zero-order valence-corrected chi connectivity index (χ0v) is 17.8. The van der Waals surface area contributed by atoms with Gasteiger partial charge in [-0.2, -0.15) is 0 Å². The van der Waals surface area contributed by atoms with E-state index < -0.39 is 14.6 Å². The second-order valence-electron chi connectivity index (χ2n) is 8.81. The molecule has 0 aliphatic heterocycles. The van der Waals surface area contributed by atoms with Gasteiger partial charge in [0.05, 0.1) is 10.5 Å². The fourth-order valence-electron chi connectivity index (χ4n) is 3.73. The highest BCUT2D eigenvalue weighted by molar-refractivity contribution is 7.92. The molecule has 4 heteroatoms. The smallest absolute Gasteiger partial charge is 0.155 e. The molecule has 0 amide bonds. The van der Waals surface area contributed by atoms with E-state index >= 15 is 0 Å². The van der Waals surface area contributed by atoms with Crippen LogP contribution < -0.4 is 0 Å². The number of carbonyl (C=O) groups is 1. The van der Waals surface area contributed by atoms with E-state index in [1.54, 1.807) is 20.8 Å². The van der Waals surface area contributed by atoms with Crippen LogP contribution in [-0.4, -0.2) is 24.7 Å². The third-order valence-corrected chi connectivity index (χ3v) is 8.49. The first-order chi connectivity index (χ1) is 12.0. The Morgan fingerprint density at radius 1 is 1.15 bits per heavy atom. The van der Waals surface area contributed by atoms with Crippen LogP contribution in [0.5, 0.6) is 0 Å². The van der Waals surface area contributed by atoms with Crippen LogP contribution in [0.3, 0.4) is 0 Å². The SMILES string of the molecule is Cc1c(CC(=O)CCCCCS(=O)(=O)C(C)(C)C)ccc2c1CCC2C. The van der Waals surface area contributed by atoms with Crippen molar-refractivity contribution in [2.24, 2.45) is 0 Å². The minimum absolute atomic E-state index is 0.215. The third-order valence-electron chi connectivity index (χ3n) is 5.79. The molecule has 1 aromatic carbocycles. The molecule has 0 bridgehead atoms. The molecule has 1 unspecified atom stereocenters. The van der Waals surface area contributed by atoms with Crippen molar-refractivity contribution in [2.45, 2.75) is 90.2 Å². The lowest BCUT2D eigenvalue weighted by atomic mass is 9.93. The van der Waals surface area contributed by atoms with Crippen LogP contribution in [-0.2, 0) is 27.5 Å². The van der Waals surface area contributed by atoms with Gasteiger partial charge in [-0.15, -0.1) is 0 Å².